The molecule has 1 aliphatic rings. The number of nitrogens with zero attached hydrogens (tertiary/aromatic N) is 1. The van der Waals surface area contributed by atoms with Gasteiger partial charge in [0.1, 0.15) is 0 Å². The molecule has 1 aromatic heterocycles. The van der Waals surface area contributed by atoms with E-state index in [0.29, 0.717) is 11.3 Å². The van der Waals surface area contributed by atoms with Gasteiger partial charge in [-0.2, -0.15) is 5.10 Å². The van der Waals surface area contributed by atoms with Crippen molar-refractivity contribution in [2.45, 2.75) is 19.8 Å². The molecule has 3 N–H and O–H groups in total. The number of anilines is 1. The Kier molecular flexibility index (Phi) is 4.46. The quantitative estimate of drug-likeness (QED) is 0.479. The Labute approximate surface area is 156 Å². The first-order valence-corrected chi connectivity index (χ1v) is 8.94. The van der Waals surface area contributed by atoms with Gasteiger partial charge in [0.05, 0.1) is 11.3 Å². The normalized spacial score (nSPS) is 14.2. The fourth-order valence-electron chi connectivity index (χ4n) is 2.93. The lowest BCUT2D eigenvalue weighted by atomic mass is 10.1. The molecule has 2 aromatic carbocycles. The molecule has 0 aliphatic heterocycles. The van der Waals surface area contributed by atoms with E-state index in [9.17, 15) is 9.59 Å². The first kappa shape index (κ1) is 17.0. The molecular weight excluding hydrogens is 340 g/mol. The van der Waals surface area contributed by atoms with Gasteiger partial charge in [-0.05, 0) is 43.5 Å². The van der Waals surface area contributed by atoms with Gasteiger partial charge in [-0.25, -0.2) is 5.43 Å². The minimum absolute atomic E-state index is 0.0642. The molecule has 2 amide bonds. The molecule has 3 aromatic rings. The summed E-state index contributed by atoms with van der Waals surface area (Å²) in [7, 11) is 0. The molecule has 1 heterocycles. The number of carbonyl (C=O) groups is 2. The van der Waals surface area contributed by atoms with Crippen molar-refractivity contribution in [2.24, 2.45) is 11.0 Å². The molecule has 1 saturated carbocycles. The second kappa shape index (κ2) is 7.07. The average Bonchev–Trinajstić information content (AvgIpc) is 3.45. The number of amides is 2. The summed E-state index contributed by atoms with van der Waals surface area (Å²) in [6.45, 7) is 1.82. The van der Waals surface area contributed by atoms with Crippen molar-refractivity contribution in [3.8, 4) is 0 Å². The summed E-state index contributed by atoms with van der Waals surface area (Å²) in [6, 6.07) is 15.1. The second-order valence-electron chi connectivity index (χ2n) is 6.73. The Balaban J connectivity index is 1.47. The minimum atomic E-state index is -0.273. The molecule has 0 saturated heterocycles. The molecule has 0 atom stereocenters. The third-order valence-corrected chi connectivity index (χ3v) is 4.66. The zero-order valence-electron chi connectivity index (χ0n) is 15.0. The first-order valence-electron chi connectivity index (χ1n) is 8.94. The van der Waals surface area contributed by atoms with Crippen LogP contribution in [0, 0.1) is 5.92 Å². The summed E-state index contributed by atoms with van der Waals surface area (Å²) in [5.74, 6) is -0.0572. The van der Waals surface area contributed by atoms with Gasteiger partial charge in [0.25, 0.3) is 5.91 Å². The van der Waals surface area contributed by atoms with Gasteiger partial charge in [-0.3, -0.25) is 9.59 Å². The van der Waals surface area contributed by atoms with Crippen LogP contribution in [-0.2, 0) is 4.79 Å². The van der Waals surface area contributed by atoms with Crippen LogP contribution in [0.4, 0.5) is 5.69 Å². The first-order chi connectivity index (χ1) is 13.1. The van der Waals surface area contributed by atoms with E-state index in [1.807, 2.05) is 55.5 Å². The van der Waals surface area contributed by atoms with Gasteiger partial charge in [-0.15, -0.1) is 0 Å². The molecule has 6 heteroatoms. The van der Waals surface area contributed by atoms with E-state index in [1.165, 1.54) is 0 Å². The highest BCUT2D eigenvalue weighted by Crippen LogP contribution is 2.30. The van der Waals surface area contributed by atoms with Crippen molar-refractivity contribution in [2.75, 3.05) is 5.32 Å². The number of para-hydroxylation sites is 1. The van der Waals surface area contributed by atoms with Crippen molar-refractivity contribution in [3.63, 3.8) is 0 Å². The number of aromatic nitrogens is 1. The largest absolute Gasteiger partial charge is 0.360 e. The Bertz CT molecular complexity index is 1050. The van der Waals surface area contributed by atoms with Crippen LogP contribution in [0.1, 0.15) is 35.7 Å². The lowest BCUT2D eigenvalue weighted by Gasteiger charge is -2.07. The molecule has 4 rings (SSSR count). The maximum atomic E-state index is 12.5. The summed E-state index contributed by atoms with van der Waals surface area (Å²) in [4.78, 5) is 27.4. The van der Waals surface area contributed by atoms with Crippen LogP contribution in [0.3, 0.4) is 0 Å². The Morgan fingerprint density at radius 3 is 2.74 bits per heavy atom. The van der Waals surface area contributed by atoms with Crippen LogP contribution in [0.15, 0.2) is 59.8 Å². The summed E-state index contributed by atoms with van der Waals surface area (Å²) in [5, 5.41) is 7.99. The average molecular weight is 360 g/mol. The van der Waals surface area contributed by atoms with Crippen molar-refractivity contribution >= 4 is 34.1 Å². The van der Waals surface area contributed by atoms with Gasteiger partial charge in [0.2, 0.25) is 5.91 Å². The number of benzene rings is 2. The minimum Gasteiger partial charge on any atom is -0.360 e. The summed E-state index contributed by atoms with van der Waals surface area (Å²) < 4.78 is 0. The van der Waals surface area contributed by atoms with Crippen LogP contribution in [0.2, 0.25) is 0 Å². The number of aromatic amines is 1. The van der Waals surface area contributed by atoms with Crippen LogP contribution in [0.5, 0.6) is 0 Å². The number of hydrogen-bond donors (Lipinski definition) is 3. The zero-order valence-corrected chi connectivity index (χ0v) is 15.0. The van der Waals surface area contributed by atoms with Gasteiger partial charge in [0, 0.05) is 28.7 Å². The Morgan fingerprint density at radius 2 is 1.93 bits per heavy atom. The molecule has 27 heavy (non-hydrogen) atoms. The Morgan fingerprint density at radius 1 is 1.11 bits per heavy atom. The monoisotopic (exact) mass is 360 g/mol. The molecule has 0 bridgehead atoms. The Hall–Kier alpha value is -3.41. The van der Waals surface area contributed by atoms with Crippen LogP contribution < -0.4 is 10.7 Å². The molecule has 0 radical (unpaired) electrons. The third kappa shape index (κ3) is 3.74. The molecular formula is C21H20N4O2. The van der Waals surface area contributed by atoms with E-state index in [4.69, 9.17) is 0 Å². The predicted molar refractivity (Wildman–Crippen MR) is 106 cm³/mol. The molecule has 0 spiro atoms. The highest BCUT2D eigenvalue weighted by atomic mass is 16.2. The topological polar surface area (TPSA) is 86.3 Å². The van der Waals surface area contributed by atoms with Crippen LogP contribution >= 0.6 is 0 Å². The molecule has 1 fully saturated rings. The van der Waals surface area contributed by atoms with E-state index in [0.717, 1.165) is 35.0 Å². The molecule has 0 unspecified atom stereocenters. The lowest BCUT2D eigenvalue weighted by Crippen LogP contribution is -2.19. The smallest absolute Gasteiger partial charge is 0.273 e. The van der Waals surface area contributed by atoms with Crippen molar-refractivity contribution in [3.05, 3.63) is 65.9 Å². The summed E-state index contributed by atoms with van der Waals surface area (Å²) in [6.07, 6.45) is 3.61. The lowest BCUT2D eigenvalue weighted by molar-refractivity contribution is -0.117. The van der Waals surface area contributed by atoms with E-state index < -0.39 is 0 Å². The molecule has 136 valence electrons. The molecule has 6 nitrogen and oxygen atoms in total. The second-order valence-corrected chi connectivity index (χ2v) is 6.73. The number of rotatable bonds is 5. The number of nitrogens with one attached hydrogen (secondary N) is 3. The number of hydrogen-bond acceptors (Lipinski definition) is 3. The summed E-state index contributed by atoms with van der Waals surface area (Å²) in [5.41, 5.74) is 6.29. The number of H-pyrrole nitrogens is 1. The number of fused-ring (bicyclic) bond motifs is 1. The van der Waals surface area contributed by atoms with Crippen LogP contribution in [0.25, 0.3) is 10.9 Å². The van der Waals surface area contributed by atoms with Gasteiger partial charge < -0.3 is 10.3 Å². The van der Waals surface area contributed by atoms with E-state index in [-0.39, 0.29) is 17.7 Å². The highest BCUT2D eigenvalue weighted by Gasteiger charge is 2.29. The standard InChI is InChI=1S/C21H20N4O2/c1-13(15-5-4-6-16(11-15)23-20(26)14-9-10-14)24-25-21(27)18-12-22-19-8-3-2-7-17(18)19/h2-8,11-12,14,22H,9-10H2,1H3,(H,23,26)(H,25,27)/b24-13+. The van der Waals surface area contributed by atoms with Gasteiger partial charge in [-0.1, -0.05) is 30.3 Å². The van der Waals surface area contributed by atoms with E-state index in [1.54, 1.807) is 6.20 Å². The van der Waals surface area contributed by atoms with Crippen molar-refractivity contribution in [1.82, 2.24) is 10.4 Å². The maximum Gasteiger partial charge on any atom is 0.273 e. The summed E-state index contributed by atoms with van der Waals surface area (Å²) >= 11 is 0. The fraction of sp³-hybridized carbons (Fsp3) is 0.190. The predicted octanol–water partition coefficient (Wildman–Crippen LogP) is 3.67. The van der Waals surface area contributed by atoms with E-state index in [2.05, 4.69) is 20.8 Å². The van der Waals surface area contributed by atoms with Crippen molar-refractivity contribution in [1.29, 1.82) is 0 Å². The van der Waals surface area contributed by atoms with Crippen molar-refractivity contribution < 1.29 is 9.59 Å². The molecule has 1 aliphatic carbocycles. The number of hydrazone groups is 1. The number of carbonyl (C=O) groups excluding carboxylic acids is 2. The highest BCUT2D eigenvalue weighted by molar-refractivity contribution is 6.07. The third-order valence-electron chi connectivity index (χ3n) is 4.66. The van der Waals surface area contributed by atoms with Gasteiger partial charge >= 0.3 is 0 Å². The maximum absolute atomic E-state index is 12.5. The zero-order chi connectivity index (χ0) is 18.8. The van der Waals surface area contributed by atoms with E-state index >= 15 is 0 Å². The van der Waals surface area contributed by atoms with Gasteiger partial charge in [0.15, 0.2) is 0 Å². The SMILES string of the molecule is C/C(=N\NC(=O)c1c[nH]c2ccccc12)c1cccc(NC(=O)C2CC2)c1. The van der Waals surface area contributed by atoms with Crippen LogP contribution in [-0.4, -0.2) is 22.5 Å². The fourth-order valence-corrected chi connectivity index (χ4v) is 2.93.